The molecule has 0 saturated heterocycles. The van der Waals surface area contributed by atoms with Crippen LogP contribution in [0.2, 0.25) is 0 Å². The summed E-state index contributed by atoms with van der Waals surface area (Å²) in [6.45, 7) is 11.5. The quantitative estimate of drug-likeness (QED) is 0.907. The van der Waals surface area contributed by atoms with Crippen LogP contribution >= 0.6 is 0 Å². The van der Waals surface area contributed by atoms with Crippen LogP contribution in [-0.2, 0) is 6.54 Å². The highest BCUT2D eigenvalue weighted by molar-refractivity contribution is 5.23. The Labute approximate surface area is 121 Å². The number of nitrogens with one attached hydrogen (secondary N) is 1. The molecule has 1 atom stereocenters. The van der Waals surface area contributed by atoms with Crippen LogP contribution in [0.3, 0.4) is 0 Å². The van der Waals surface area contributed by atoms with Crippen LogP contribution < -0.4 is 5.32 Å². The molecule has 1 heterocycles. The van der Waals surface area contributed by atoms with Gasteiger partial charge in [-0.25, -0.2) is 0 Å². The fourth-order valence-corrected chi connectivity index (χ4v) is 2.53. The zero-order valence-electron chi connectivity index (χ0n) is 13.0. The SMILES string of the molecule is Cc1noc(C)c1CN[C@@H](c1ccccc1)C(C)(C)C. The summed E-state index contributed by atoms with van der Waals surface area (Å²) < 4.78 is 5.23. The first-order chi connectivity index (χ1) is 9.39. The Morgan fingerprint density at radius 3 is 2.30 bits per heavy atom. The van der Waals surface area contributed by atoms with Gasteiger partial charge in [0.2, 0.25) is 0 Å². The van der Waals surface area contributed by atoms with Gasteiger partial charge in [-0.2, -0.15) is 0 Å². The number of nitrogens with zero attached hydrogens (tertiary/aromatic N) is 1. The minimum atomic E-state index is 0.139. The molecule has 0 saturated carbocycles. The van der Waals surface area contributed by atoms with Crippen molar-refractivity contribution in [2.24, 2.45) is 5.41 Å². The first-order valence-corrected chi connectivity index (χ1v) is 7.09. The lowest BCUT2D eigenvalue weighted by atomic mass is 9.82. The van der Waals surface area contributed by atoms with E-state index in [1.165, 1.54) is 5.56 Å². The molecule has 108 valence electrons. The lowest BCUT2D eigenvalue weighted by molar-refractivity contribution is 0.270. The molecular weight excluding hydrogens is 248 g/mol. The molecule has 0 spiro atoms. The molecule has 3 nitrogen and oxygen atoms in total. The van der Waals surface area contributed by atoms with Gasteiger partial charge in [-0.1, -0.05) is 56.3 Å². The molecule has 1 aromatic carbocycles. The van der Waals surface area contributed by atoms with Crippen molar-refractivity contribution in [2.75, 3.05) is 0 Å². The van der Waals surface area contributed by atoms with E-state index in [-0.39, 0.29) is 11.5 Å². The third-order valence-corrected chi connectivity index (χ3v) is 3.66. The van der Waals surface area contributed by atoms with E-state index in [2.05, 4.69) is 61.6 Å². The summed E-state index contributed by atoms with van der Waals surface area (Å²) in [5.41, 5.74) is 3.58. The summed E-state index contributed by atoms with van der Waals surface area (Å²) in [5.74, 6) is 0.899. The predicted octanol–water partition coefficient (Wildman–Crippen LogP) is 4.17. The highest BCUT2D eigenvalue weighted by atomic mass is 16.5. The van der Waals surface area contributed by atoms with Crippen molar-refractivity contribution in [1.82, 2.24) is 10.5 Å². The first kappa shape index (κ1) is 14.8. The van der Waals surface area contributed by atoms with Crippen molar-refractivity contribution in [3.63, 3.8) is 0 Å². The fourth-order valence-electron chi connectivity index (χ4n) is 2.53. The maximum absolute atomic E-state index is 5.23. The zero-order chi connectivity index (χ0) is 14.8. The predicted molar refractivity (Wildman–Crippen MR) is 81.5 cm³/mol. The minimum Gasteiger partial charge on any atom is -0.361 e. The smallest absolute Gasteiger partial charge is 0.138 e. The molecule has 1 N–H and O–H groups in total. The molecule has 2 rings (SSSR count). The van der Waals surface area contributed by atoms with E-state index in [1.807, 2.05) is 13.8 Å². The molecule has 0 fully saturated rings. The monoisotopic (exact) mass is 272 g/mol. The Morgan fingerprint density at radius 2 is 1.80 bits per heavy atom. The van der Waals surface area contributed by atoms with Gasteiger partial charge in [0.05, 0.1) is 5.69 Å². The maximum atomic E-state index is 5.23. The van der Waals surface area contributed by atoms with Gasteiger partial charge < -0.3 is 9.84 Å². The van der Waals surface area contributed by atoms with E-state index in [9.17, 15) is 0 Å². The summed E-state index contributed by atoms with van der Waals surface area (Å²) >= 11 is 0. The summed E-state index contributed by atoms with van der Waals surface area (Å²) in [6, 6.07) is 10.9. The van der Waals surface area contributed by atoms with E-state index in [4.69, 9.17) is 4.52 Å². The number of aryl methyl sites for hydroxylation is 2. The van der Waals surface area contributed by atoms with E-state index in [1.54, 1.807) is 0 Å². The Balaban J connectivity index is 2.18. The van der Waals surface area contributed by atoms with Crippen molar-refractivity contribution in [1.29, 1.82) is 0 Å². The zero-order valence-corrected chi connectivity index (χ0v) is 13.0. The van der Waals surface area contributed by atoms with Crippen molar-refractivity contribution in [3.05, 3.63) is 52.9 Å². The van der Waals surface area contributed by atoms with Gasteiger partial charge in [-0.05, 0) is 24.8 Å². The summed E-state index contributed by atoms with van der Waals surface area (Å²) in [4.78, 5) is 0. The molecule has 2 aromatic rings. The van der Waals surface area contributed by atoms with Crippen LogP contribution in [0.4, 0.5) is 0 Å². The molecule has 0 aliphatic carbocycles. The normalized spacial score (nSPS) is 13.4. The molecule has 20 heavy (non-hydrogen) atoms. The van der Waals surface area contributed by atoms with Crippen LogP contribution in [-0.4, -0.2) is 5.16 Å². The lowest BCUT2D eigenvalue weighted by Crippen LogP contribution is -2.32. The lowest BCUT2D eigenvalue weighted by Gasteiger charge is -2.32. The highest BCUT2D eigenvalue weighted by Crippen LogP contribution is 2.33. The van der Waals surface area contributed by atoms with Gasteiger partial charge >= 0.3 is 0 Å². The summed E-state index contributed by atoms with van der Waals surface area (Å²) in [5, 5.41) is 7.67. The molecule has 0 radical (unpaired) electrons. The number of benzene rings is 1. The fraction of sp³-hybridized carbons (Fsp3) is 0.471. The van der Waals surface area contributed by atoms with Crippen molar-refractivity contribution < 1.29 is 4.52 Å². The number of hydrogen-bond acceptors (Lipinski definition) is 3. The van der Waals surface area contributed by atoms with Gasteiger partial charge in [-0.3, -0.25) is 0 Å². The second-order valence-corrected chi connectivity index (χ2v) is 6.39. The molecule has 0 amide bonds. The molecule has 1 aromatic heterocycles. The molecular formula is C17H24N2O. The van der Waals surface area contributed by atoms with E-state index < -0.39 is 0 Å². The standard InChI is InChI=1S/C17H24N2O/c1-12-15(13(2)20-19-12)11-18-16(17(3,4)5)14-9-7-6-8-10-14/h6-10,16,18H,11H2,1-5H3/t16-/m0/s1. The third kappa shape index (κ3) is 3.28. The van der Waals surface area contributed by atoms with E-state index in [0.29, 0.717) is 0 Å². The van der Waals surface area contributed by atoms with Gasteiger partial charge in [-0.15, -0.1) is 0 Å². The van der Waals surface area contributed by atoms with Crippen molar-refractivity contribution in [2.45, 2.75) is 47.2 Å². The number of hydrogen-bond donors (Lipinski definition) is 1. The largest absolute Gasteiger partial charge is 0.361 e. The Kier molecular flexibility index (Phi) is 4.29. The Bertz CT molecular complexity index is 533. The van der Waals surface area contributed by atoms with Gasteiger partial charge in [0.1, 0.15) is 5.76 Å². The Hall–Kier alpha value is -1.61. The van der Waals surface area contributed by atoms with Crippen LogP contribution in [0.15, 0.2) is 34.9 Å². The maximum Gasteiger partial charge on any atom is 0.138 e. The molecule has 3 heteroatoms. The van der Waals surface area contributed by atoms with E-state index in [0.717, 1.165) is 23.6 Å². The van der Waals surface area contributed by atoms with Gasteiger partial charge in [0, 0.05) is 18.2 Å². The average molecular weight is 272 g/mol. The van der Waals surface area contributed by atoms with Crippen LogP contribution in [0.25, 0.3) is 0 Å². The van der Waals surface area contributed by atoms with Crippen LogP contribution in [0.1, 0.15) is 49.4 Å². The third-order valence-electron chi connectivity index (χ3n) is 3.66. The van der Waals surface area contributed by atoms with E-state index >= 15 is 0 Å². The number of rotatable bonds is 4. The highest BCUT2D eigenvalue weighted by Gasteiger charge is 2.26. The second kappa shape index (κ2) is 5.80. The molecule has 0 aliphatic heterocycles. The van der Waals surface area contributed by atoms with Gasteiger partial charge in [0.25, 0.3) is 0 Å². The van der Waals surface area contributed by atoms with Crippen LogP contribution in [0, 0.1) is 19.3 Å². The van der Waals surface area contributed by atoms with Crippen molar-refractivity contribution in [3.8, 4) is 0 Å². The molecule has 0 bridgehead atoms. The topological polar surface area (TPSA) is 38.1 Å². The summed E-state index contributed by atoms with van der Waals surface area (Å²) in [6.07, 6.45) is 0. The van der Waals surface area contributed by atoms with Crippen LogP contribution in [0.5, 0.6) is 0 Å². The van der Waals surface area contributed by atoms with Crippen molar-refractivity contribution >= 4 is 0 Å². The molecule has 0 unspecified atom stereocenters. The minimum absolute atomic E-state index is 0.139. The molecule has 0 aliphatic rings. The summed E-state index contributed by atoms with van der Waals surface area (Å²) in [7, 11) is 0. The first-order valence-electron chi connectivity index (χ1n) is 7.09. The Morgan fingerprint density at radius 1 is 1.15 bits per heavy atom. The average Bonchev–Trinajstić information content (AvgIpc) is 2.70. The second-order valence-electron chi connectivity index (χ2n) is 6.39. The van der Waals surface area contributed by atoms with Gasteiger partial charge in [0.15, 0.2) is 0 Å². The number of aromatic nitrogens is 1.